The molecule has 0 saturated heterocycles. The van der Waals surface area contributed by atoms with Crippen molar-refractivity contribution in [3.8, 4) is 0 Å². The number of para-hydroxylation sites is 1. The molecule has 0 radical (unpaired) electrons. The lowest BCUT2D eigenvalue weighted by molar-refractivity contribution is -0.137. The Balaban J connectivity index is 1.94. The highest BCUT2D eigenvalue weighted by molar-refractivity contribution is 6.06. The number of aromatic nitrogens is 3. The standard InChI is InChI=1S/C20H17F3N4/c1-2-16-26-17-18(14-8-3-4-9-15(14)25-19(17)24)27(16)11-12-6-5-7-13(10-12)20(21,22)23/h3-10H,2,11H2,1H3,(H2,24,25). The molecular weight excluding hydrogens is 353 g/mol. The Morgan fingerprint density at radius 1 is 1.04 bits per heavy atom. The van der Waals surface area contributed by atoms with Gasteiger partial charge in [0, 0.05) is 18.4 Å². The summed E-state index contributed by atoms with van der Waals surface area (Å²) in [7, 11) is 0. The smallest absolute Gasteiger partial charge is 0.382 e. The van der Waals surface area contributed by atoms with E-state index in [2.05, 4.69) is 9.97 Å². The summed E-state index contributed by atoms with van der Waals surface area (Å²) in [6.07, 6.45) is -3.75. The summed E-state index contributed by atoms with van der Waals surface area (Å²) in [5.41, 5.74) is 8.10. The number of rotatable bonds is 3. The fraction of sp³-hybridized carbons (Fsp3) is 0.200. The van der Waals surface area contributed by atoms with Gasteiger partial charge in [-0.2, -0.15) is 13.2 Å². The Morgan fingerprint density at radius 2 is 1.81 bits per heavy atom. The highest BCUT2D eigenvalue weighted by atomic mass is 19.4. The minimum atomic E-state index is -4.37. The van der Waals surface area contributed by atoms with E-state index in [-0.39, 0.29) is 6.54 Å². The average Bonchev–Trinajstić information content (AvgIpc) is 3.01. The molecule has 0 aliphatic heterocycles. The van der Waals surface area contributed by atoms with Crippen LogP contribution in [0.3, 0.4) is 0 Å². The van der Waals surface area contributed by atoms with Crippen LogP contribution in [0.1, 0.15) is 23.9 Å². The second kappa shape index (κ2) is 6.26. The summed E-state index contributed by atoms with van der Waals surface area (Å²) in [5, 5.41) is 0.876. The molecule has 138 valence electrons. The Hall–Kier alpha value is -3.09. The first-order valence-corrected chi connectivity index (χ1v) is 8.58. The lowest BCUT2D eigenvalue weighted by atomic mass is 10.1. The average molecular weight is 370 g/mol. The van der Waals surface area contributed by atoms with E-state index in [4.69, 9.17) is 5.73 Å². The molecule has 2 N–H and O–H groups in total. The molecule has 0 aliphatic rings. The van der Waals surface area contributed by atoms with Crippen LogP contribution in [-0.4, -0.2) is 14.5 Å². The van der Waals surface area contributed by atoms with Gasteiger partial charge in [0.25, 0.3) is 0 Å². The fourth-order valence-electron chi connectivity index (χ4n) is 3.37. The van der Waals surface area contributed by atoms with Gasteiger partial charge < -0.3 is 10.3 Å². The Labute approximate surface area is 153 Å². The highest BCUT2D eigenvalue weighted by Crippen LogP contribution is 2.32. The van der Waals surface area contributed by atoms with E-state index >= 15 is 0 Å². The number of benzene rings is 2. The maximum Gasteiger partial charge on any atom is 0.416 e. The van der Waals surface area contributed by atoms with E-state index in [0.29, 0.717) is 23.3 Å². The second-order valence-electron chi connectivity index (χ2n) is 6.38. The van der Waals surface area contributed by atoms with Crippen LogP contribution in [0.15, 0.2) is 48.5 Å². The molecule has 0 aliphatic carbocycles. The van der Waals surface area contributed by atoms with Gasteiger partial charge in [-0.3, -0.25) is 0 Å². The van der Waals surface area contributed by atoms with E-state index < -0.39 is 11.7 Å². The molecule has 7 heteroatoms. The van der Waals surface area contributed by atoms with Gasteiger partial charge in [-0.15, -0.1) is 0 Å². The number of aryl methyl sites for hydroxylation is 1. The predicted molar refractivity (Wildman–Crippen MR) is 99.4 cm³/mol. The number of pyridine rings is 1. The molecule has 0 saturated carbocycles. The van der Waals surface area contributed by atoms with Crippen molar-refractivity contribution in [2.75, 3.05) is 5.73 Å². The van der Waals surface area contributed by atoms with Crippen LogP contribution in [0.5, 0.6) is 0 Å². The normalized spacial score (nSPS) is 12.1. The monoisotopic (exact) mass is 370 g/mol. The molecule has 27 heavy (non-hydrogen) atoms. The number of alkyl halides is 3. The number of anilines is 1. The van der Waals surface area contributed by atoms with Crippen LogP contribution in [0.25, 0.3) is 21.9 Å². The van der Waals surface area contributed by atoms with Crippen molar-refractivity contribution in [3.05, 3.63) is 65.5 Å². The number of imidazole rings is 1. The summed E-state index contributed by atoms with van der Waals surface area (Å²) in [5.74, 6) is 1.08. The molecule has 4 nitrogen and oxygen atoms in total. The third kappa shape index (κ3) is 2.99. The quantitative estimate of drug-likeness (QED) is 0.564. The minimum absolute atomic E-state index is 0.275. The molecule has 0 unspecified atom stereocenters. The largest absolute Gasteiger partial charge is 0.416 e. The number of halogens is 3. The molecule has 0 bridgehead atoms. The Bertz CT molecular complexity index is 1150. The van der Waals surface area contributed by atoms with Gasteiger partial charge in [-0.05, 0) is 23.8 Å². The first kappa shape index (κ1) is 17.3. The van der Waals surface area contributed by atoms with E-state index in [0.717, 1.165) is 28.3 Å². The maximum absolute atomic E-state index is 13.1. The highest BCUT2D eigenvalue weighted by Gasteiger charge is 2.30. The SMILES string of the molecule is CCc1nc2c(N)nc3ccccc3c2n1Cc1cccc(C(F)(F)F)c1. The van der Waals surface area contributed by atoms with E-state index in [1.54, 1.807) is 6.07 Å². The fourth-order valence-corrected chi connectivity index (χ4v) is 3.37. The van der Waals surface area contributed by atoms with E-state index in [1.165, 1.54) is 12.1 Å². The molecule has 0 spiro atoms. The Kier molecular flexibility index (Phi) is 4.02. The third-order valence-electron chi connectivity index (χ3n) is 4.60. The molecular formula is C20H17F3N4. The maximum atomic E-state index is 13.1. The zero-order chi connectivity index (χ0) is 19.2. The van der Waals surface area contributed by atoms with Crippen LogP contribution in [0.2, 0.25) is 0 Å². The summed E-state index contributed by atoms with van der Waals surface area (Å²) in [4.78, 5) is 9.00. The Morgan fingerprint density at radius 3 is 2.56 bits per heavy atom. The van der Waals surface area contributed by atoms with Crippen LogP contribution >= 0.6 is 0 Å². The van der Waals surface area contributed by atoms with Gasteiger partial charge in [-0.25, -0.2) is 9.97 Å². The lowest BCUT2D eigenvalue weighted by Crippen LogP contribution is -2.08. The topological polar surface area (TPSA) is 56.7 Å². The molecule has 0 fully saturated rings. The van der Waals surface area contributed by atoms with Crippen molar-refractivity contribution >= 4 is 27.8 Å². The second-order valence-corrected chi connectivity index (χ2v) is 6.38. The van der Waals surface area contributed by atoms with Gasteiger partial charge >= 0.3 is 6.18 Å². The minimum Gasteiger partial charge on any atom is -0.382 e. The van der Waals surface area contributed by atoms with Gasteiger partial charge in [0.2, 0.25) is 0 Å². The molecule has 2 aromatic carbocycles. The predicted octanol–water partition coefficient (Wildman–Crippen LogP) is 4.80. The number of nitrogens with zero attached hydrogens (tertiary/aromatic N) is 3. The molecule has 2 heterocycles. The van der Waals surface area contributed by atoms with Crippen molar-refractivity contribution in [1.29, 1.82) is 0 Å². The molecule has 4 aromatic rings. The third-order valence-corrected chi connectivity index (χ3v) is 4.60. The zero-order valence-electron chi connectivity index (χ0n) is 14.6. The summed E-state index contributed by atoms with van der Waals surface area (Å²) < 4.78 is 41.1. The molecule has 0 atom stereocenters. The number of hydrogen-bond donors (Lipinski definition) is 1. The number of hydrogen-bond acceptors (Lipinski definition) is 3. The van der Waals surface area contributed by atoms with Crippen molar-refractivity contribution < 1.29 is 13.2 Å². The first-order chi connectivity index (χ1) is 12.9. The van der Waals surface area contributed by atoms with Crippen LogP contribution in [0, 0.1) is 0 Å². The number of nitrogens with two attached hydrogens (primary N) is 1. The van der Waals surface area contributed by atoms with Crippen LogP contribution in [0.4, 0.5) is 19.0 Å². The summed E-state index contributed by atoms with van der Waals surface area (Å²) >= 11 is 0. The van der Waals surface area contributed by atoms with Crippen LogP contribution < -0.4 is 5.73 Å². The first-order valence-electron chi connectivity index (χ1n) is 8.58. The van der Waals surface area contributed by atoms with Gasteiger partial charge in [0.15, 0.2) is 5.82 Å². The van der Waals surface area contributed by atoms with Crippen molar-refractivity contribution in [3.63, 3.8) is 0 Å². The van der Waals surface area contributed by atoms with Crippen molar-refractivity contribution in [2.24, 2.45) is 0 Å². The number of fused-ring (bicyclic) bond motifs is 3. The van der Waals surface area contributed by atoms with E-state index in [9.17, 15) is 13.2 Å². The summed E-state index contributed by atoms with van der Waals surface area (Å²) in [6.45, 7) is 2.23. The lowest BCUT2D eigenvalue weighted by Gasteiger charge is -2.12. The number of nitrogen functional groups attached to an aromatic ring is 1. The zero-order valence-corrected chi connectivity index (χ0v) is 14.6. The van der Waals surface area contributed by atoms with Gasteiger partial charge in [0.05, 0.1) is 16.6 Å². The van der Waals surface area contributed by atoms with E-state index in [1.807, 2.05) is 35.8 Å². The molecule has 4 rings (SSSR count). The molecule has 2 aromatic heterocycles. The van der Waals surface area contributed by atoms with Gasteiger partial charge in [-0.1, -0.05) is 37.3 Å². The van der Waals surface area contributed by atoms with Crippen molar-refractivity contribution in [2.45, 2.75) is 26.1 Å². The summed E-state index contributed by atoms with van der Waals surface area (Å²) in [6, 6.07) is 12.9. The van der Waals surface area contributed by atoms with Crippen LogP contribution in [-0.2, 0) is 19.1 Å². The van der Waals surface area contributed by atoms with Crippen molar-refractivity contribution in [1.82, 2.24) is 14.5 Å². The van der Waals surface area contributed by atoms with Gasteiger partial charge in [0.1, 0.15) is 11.3 Å². The molecule has 0 amide bonds.